The highest BCUT2D eigenvalue weighted by molar-refractivity contribution is 7.69. The minimum absolute atomic E-state index is 0.748. The predicted molar refractivity (Wildman–Crippen MR) is 32.4 cm³/mol. The van der Waals surface area contributed by atoms with Gasteiger partial charge in [0, 0.05) is 0 Å². The maximum absolute atomic E-state index is 10.3. The van der Waals surface area contributed by atoms with E-state index in [0.29, 0.717) is 0 Å². The quantitative estimate of drug-likeness (QED) is 0.487. The Kier molecular flexibility index (Phi) is 3.26. The lowest BCUT2D eigenvalue weighted by atomic mass is 10.5. The van der Waals surface area contributed by atoms with Crippen molar-refractivity contribution in [2.24, 2.45) is 5.73 Å². The van der Waals surface area contributed by atoms with Crippen LogP contribution in [0.15, 0.2) is 0 Å². The van der Waals surface area contributed by atoms with Gasteiger partial charge in [0.05, 0.1) is 5.02 Å². The molecule has 0 aliphatic heterocycles. The molecule has 0 radical (unpaired) electrons. The lowest BCUT2D eigenvalue weighted by molar-refractivity contribution is -0.336. The second-order valence-corrected chi connectivity index (χ2v) is 6.17. The van der Waals surface area contributed by atoms with Crippen molar-refractivity contribution in [3.05, 3.63) is 0 Å². The van der Waals surface area contributed by atoms with Crippen molar-refractivity contribution < 1.29 is 28.7 Å². The second-order valence-electron chi connectivity index (χ2n) is 2.23. The van der Waals surface area contributed by atoms with Crippen molar-refractivity contribution in [1.29, 1.82) is 0 Å². The summed E-state index contributed by atoms with van der Waals surface area (Å²) in [6.07, 6.45) is -0.748. The molecule has 74 valence electrons. The van der Waals surface area contributed by atoms with Gasteiger partial charge < -0.3 is 34.4 Å². The molecule has 0 aliphatic rings. The molecule has 0 saturated heterocycles. The van der Waals surface area contributed by atoms with Crippen LogP contribution >= 0.6 is 15.2 Å². The molecule has 0 rings (SSSR count). The van der Waals surface area contributed by atoms with Crippen LogP contribution in [0, 0.1) is 0 Å². The fourth-order valence-electron chi connectivity index (χ4n) is 0.537. The van der Waals surface area contributed by atoms with Gasteiger partial charge in [-0.2, -0.15) is 0 Å². The van der Waals surface area contributed by atoms with Crippen LogP contribution in [-0.2, 0) is 9.13 Å². The molecule has 0 spiro atoms. The van der Waals surface area contributed by atoms with Crippen LogP contribution in [0.1, 0.15) is 13.3 Å². The zero-order valence-corrected chi connectivity index (χ0v) is 7.92. The fourth-order valence-corrected chi connectivity index (χ4v) is 2.51. The van der Waals surface area contributed by atoms with Gasteiger partial charge in [0.15, 0.2) is 0 Å². The molecule has 0 amide bonds. The Hall–Kier alpha value is 0.260. The first-order valence-corrected chi connectivity index (χ1v) is 5.98. The first kappa shape index (κ1) is 12.3. The third-order valence-corrected chi connectivity index (χ3v) is 5.47. The number of hydrogen-bond donors (Lipinski definition) is 1. The normalized spacial score (nSPS) is 14.8. The van der Waals surface area contributed by atoms with Gasteiger partial charge in [-0.3, -0.25) is 0 Å². The highest BCUT2D eigenvalue weighted by Gasteiger charge is 2.31. The molecule has 0 bridgehead atoms. The largest absolute Gasteiger partial charge is 0.809 e. The molecule has 2 N–H and O–H groups in total. The van der Waals surface area contributed by atoms with Crippen LogP contribution < -0.4 is 25.3 Å². The monoisotopic (exact) mass is 215 g/mol. The van der Waals surface area contributed by atoms with Crippen molar-refractivity contribution in [3.8, 4) is 0 Å². The lowest BCUT2D eigenvalue weighted by Crippen LogP contribution is -2.51. The van der Waals surface area contributed by atoms with Crippen molar-refractivity contribution in [2.75, 3.05) is 0 Å². The van der Waals surface area contributed by atoms with E-state index in [4.69, 9.17) is 0 Å². The summed E-state index contributed by atoms with van der Waals surface area (Å²) in [5.74, 6) is 0. The standard InChI is InChI=1S/C3H11NO6P2/c1-2-3(4,11(5,6)7)12(8,9)10/h2,4H2,1H3,(H2,5,6,7)(H2,8,9,10)/p-4. The average Bonchev–Trinajstić information content (AvgIpc) is 1.81. The minimum atomic E-state index is -5.62. The van der Waals surface area contributed by atoms with E-state index in [1.807, 2.05) is 0 Å². The third kappa shape index (κ3) is 1.95. The molecule has 0 saturated carbocycles. The molecule has 0 heterocycles. The Morgan fingerprint density at radius 1 is 1.17 bits per heavy atom. The molecule has 0 atom stereocenters. The first-order valence-electron chi connectivity index (χ1n) is 2.89. The van der Waals surface area contributed by atoms with Gasteiger partial charge in [0.25, 0.3) is 0 Å². The zero-order chi connectivity index (χ0) is 10.2. The SMILES string of the molecule is CCC(N)(P(=O)([O-])[O-])P(=O)([O-])[O-]. The summed E-state index contributed by atoms with van der Waals surface area (Å²) >= 11 is 0. The fraction of sp³-hybridized carbons (Fsp3) is 1.00. The number of hydrogen-bond acceptors (Lipinski definition) is 7. The summed E-state index contributed by atoms with van der Waals surface area (Å²) in [5.41, 5.74) is 4.68. The van der Waals surface area contributed by atoms with Crippen molar-refractivity contribution in [1.82, 2.24) is 0 Å². The van der Waals surface area contributed by atoms with E-state index in [2.05, 4.69) is 5.73 Å². The van der Waals surface area contributed by atoms with E-state index in [1.165, 1.54) is 0 Å². The first-order chi connectivity index (χ1) is 5.06. The van der Waals surface area contributed by atoms with Gasteiger partial charge in [-0.15, -0.1) is 0 Å². The van der Waals surface area contributed by atoms with E-state index in [-0.39, 0.29) is 0 Å². The molecule has 0 aromatic rings. The summed E-state index contributed by atoms with van der Waals surface area (Å²) < 4.78 is 20.6. The smallest absolute Gasteiger partial charge is 0.0705 e. The molecule has 0 aromatic carbocycles. The Balaban J connectivity index is 5.25. The highest BCUT2D eigenvalue weighted by Crippen LogP contribution is 2.58. The van der Waals surface area contributed by atoms with E-state index in [0.717, 1.165) is 6.92 Å². The molecule has 0 aromatic heterocycles. The minimum Gasteiger partial charge on any atom is -0.809 e. The van der Waals surface area contributed by atoms with Crippen molar-refractivity contribution in [2.45, 2.75) is 18.4 Å². The molecule has 12 heavy (non-hydrogen) atoms. The van der Waals surface area contributed by atoms with E-state index in [9.17, 15) is 28.7 Å². The molecule has 7 nitrogen and oxygen atoms in total. The zero-order valence-electron chi connectivity index (χ0n) is 6.13. The van der Waals surface area contributed by atoms with Gasteiger partial charge in [0.1, 0.15) is 0 Å². The maximum atomic E-state index is 10.3. The highest BCUT2D eigenvalue weighted by atomic mass is 31.2. The van der Waals surface area contributed by atoms with Gasteiger partial charge >= 0.3 is 0 Å². The Morgan fingerprint density at radius 2 is 1.42 bits per heavy atom. The Labute approximate surface area is 68.9 Å². The lowest BCUT2D eigenvalue weighted by Gasteiger charge is -2.56. The van der Waals surface area contributed by atoms with Gasteiger partial charge in [-0.25, -0.2) is 0 Å². The van der Waals surface area contributed by atoms with Crippen molar-refractivity contribution in [3.63, 3.8) is 0 Å². The summed E-state index contributed by atoms with van der Waals surface area (Å²) in [7, 11) is -11.2. The molecular formula is C3H7NO6P2-4. The van der Waals surface area contributed by atoms with Crippen LogP contribution in [0.4, 0.5) is 0 Å². The van der Waals surface area contributed by atoms with Crippen molar-refractivity contribution >= 4 is 15.2 Å². The van der Waals surface area contributed by atoms with Crippen LogP contribution in [0.5, 0.6) is 0 Å². The Morgan fingerprint density at radius 3 is 1.42 bits per heavy atom. The topological polar surface area (TPSA) is 152 Å². The van der Waals surface area contributed by atoms with Crippen LogP contribution in [0.2, 0.25) is 0 Å². The molecular weight excluding hydrogens is 208 g/mol. The molecule has 0 aliphatic carbocycles. The Bertz CT molecular complexity index is 230. The van der Waals surface area contributed by atoms with E-state index < -0.39 is 26.6 Å². The average molecular weight is 215 g/mol. The van der Waals surface area contributed by atoms with Gasteiger partial charge in [-0.1, -0.05) is 6.92 Å². The summed E-state index contributed by atoms with van der Waals surface area (Å²) in [6, 6.07) is 0. The predicted octanol–water partition coefficient (Wildman–Crippen LogP) is -3.16. The summed E-state index contributed by atoms with van der Waals surface area (Å²) in [5, 5.41) is -3.19. The van der Waals surface area contributed by atoms with Gasteiger partial charge in [0.2, 0.25) is 0 Å². The third-order valence-electron chi connectivity index (χ3n) is 1.47. The summed E-state index contributed by atoms with van der Waals surface area (Å²) in [4.78, 5) is 41.2. The van der Waals surface area contributed by atoms with Gasteiger partial charge in [-0.05, 0) is 21.6 Å². The maximum Gasteiger partial charge on any atom is 0.0705 e. The van der Waals surface area contributed by atoms with E-state index in [1.54, 1.807) is 0 Å². The number of nitrogens with two attached hydrogens (primary N) is 1. The van der Waals surface area contributed by atoms with Crippen LogP contribution in [-0.4, -0.2) is 5.02 Å². The molecule has 0 unspecified atom stereocenters. The second kappa shape index (κ2) is 3.20. The van der Waals surface area contributed by atoms with Crippen LogP contribution in [0.25, 0.3) is 0 Å². The van der Waals surface area contributed by atoms with E-state index >= 15 is 0 Å². The number of rotatable bonds is 3. The van der Waals surface area contributed by atoms with Crippen LogP contribution in [0.3, 0.4) is 0 Å². The molecule has 9 heteroatoms. The summed E-state index contributed by atoms with van der Waals surface area (Å²) in [6.45, 7) is 1.03. The molecule has 0 fully saturated rings.